The van der Waals surface area contributed by atoms with Crippen LogP contribution in [0.2, 0.25) is 0 Å². The monoisotopic (exact) mass is 301 g/mol. The van der Waals surface area contributed by atoms with Gasteiger partial charge in [-0.2, -0.15) is 0 Å². The van der Waals surface area contributed by atoms with Crippen LogP contribution < -0.4 is 16.2 Å². The Kier molecular flexibility index (Phi) is 6.41. The Labute approximate surface area is 120 Å². The number of nitrogens with two attached hydrogens (primary N) is 2. The zero-order chi connectivity index (χ0) is 15.2. The van der Waals surface area contributed by atoms with E-state index in [9.17, 15) is 8.42 Å². The summed E-state index contributed by atoms with van der Waals surface area (Å²) >= 11 is 0. The normalized spacial score (nSPS) is 13.2. The zero-order valence-electron chi connectivity index (χ0n) is 11.9. The predicted molar refractivity (Wildman–Crippen MR) is 80.1 cm³/mol. The molecule has 1 atom stereocenters. The van der Waals surface area contributed by atoms with Crippen molar-refractivity contribution in [3.05, 3.63) is 23.8 Å². The third-order valence-corrected chi connectivity index (χ3v) is 4.13. The predicted octanol–water partition coefficient (Wildman–Crippen LogP) is 0.808. The largest absolute Gasteiger partial charge is 0.383 e. The van der Waals surface area contributed by atoms with Crippen molar-refractivity contribution in [2.24, 2.45) is 10.9 Å². The molecule has 0 bridgehead atoms. The van der Waals surface area contributed by atoms with E-state index >= 15 is 0 Å². The van der Waals surface area contributed by atoms with Crippen LogP contribution in [0.5, 0.6) is 0 Å². The quantitative estimate of drug-likeness (QED) is 0.658. The summed E-state index contributed by atoms with van der Waals surface area (Å²) in [4.78, 5) is 0.137. The Morgan fingerprint density at radius 2 is 2.10 bits per heavy atom. The molecule has 114 valence electrons. The average Bonchev–Trinajstić information content (AvgIpc) is 2.37. The Bertz CT molecular complexity index is 532. The first-order valence-corrected chi connectivity index (χ1v) is 8.02. The Morgan fingerprint density at radius 3 is 2.65 bits per heavy atom. The summed E-state index contributed by atoms with van der Waals surface area (Å²) in [6.45, 7) is 2.87. The van der Waals surface area contributed by atoms with Crippen LogP contribution >= 0.6 is 0 Å². The Balaban J connectivity index is 2.95. The second-order valence-corrected chi connectivity index (χ2v) is 6.23. The van der Waals surface area contributed by atoms with Gasteiger partial charge in [-0.1, -0.05) is 6.07 Å². The summed E-state index contributed by atoms with van der Waals surface area (Å²) in [5, 5.41) is 8.49. The molecular weight excluding hydrogens is 278 g/mol. The minimum Gasteiger partial charge on any atom is -0.383 e. The highest BCUT2D eigenvalue weighted by atomic mass is 32.2. The minimum atomic E-state index is -3.71. The highest BCUT2D eigenvalue weighted by molar-refractivity contribution is 7.89. The third-order valence-electron chi connectivity index (χ3n) is 3.07. The topological polar surface area (TPSA) is 107 Å². The summed E-state index contributed by atoms with van der Waals surface area (Å²) in [5.74, 6) is 0. The van der Waals surface area contributed by atoms with Crippen LogP contribution in [0, 0.1) is 6.92 Å². The lowest BCUT2D eigenvalue weighted by molar-refractivity contribution is 0.182. The fourth-order valence-electron chi connectivity index (χ4n) is 2.06. The van der Waals surface area contributed by atoms with Gasteiger partial charge in [0.15, 0.2) is 0 Å². The van der Waals surface area contributed by atoms with Crippen molar-refractivity contribution in [1.82, 2.24) is 0 Å². The van der Waals surface area contributed by atoms with E-state index in [1.807, 2.05) is 6.07 Å². The number of benzene rings is 1. The third kappa shape index (κ3) is 4.75. The van der Waals surface area contributed by atoms with Gasteiger partial charge in [-0.3, -0.25) is 0 Å². The van der Waals surface area contributed by atoms with E-state index < -0.39 is 10.0 Å². The molecule has 0 aromatic heterocycles. The number of nitrogens with one attached hydrogen (secondary N) is 1. The van der Waals surface area contributed by atoms with Crippen molar-refractivity contribution in [3.63, 3.8) is 0 Å². The molecule has 0 fully saturated rings. The first-order valence-electron chi connectivity index (χ1n) is 6.48. The van der Waals surface area contributed by atoms with Gasteiger partial charge in [0.2, 0.25) is 10.0 Å². The molecule has 0 saturated carbocycles. The molecule has 0 spiro atoms. The Morgan fingerprint density at radius 1 is 1.40 bits per heavy atom. The van der Waals surface area contributed by atoms with Crippen LogP contribution in [0.3, 0.4) is 0 Å². The molecule has 0 amide bonds. The fraction of sp³-hybridized carbons (Fsp3) is 0.538. The van der Waals surface area contributed by atoms with Crippen LogP contribution in [0.4, 0.5) is 5.69 Å². The number of ether oxygens (including phenoxy) is 1. The van der Waals surface area contributed by atoms with Crippen molar-refractivity contribution >= 4 is 15.7 Å². The molecule has 0 saturated heterocycles. The average molecular weight is 301 g/mol. The van der Waals surface area contributed by atoms with Gasteiger partial charge < -0.3 is 15.8 Å². The molecule has 20 heavy (non-hydrogen) atoms. The van der Waals surface area contributed by atoms with Crippen LogP contribution in [-0.2, 0) is 14.8 Å². The van der Waals surface area contributed by atoms with Gasteiger partial charge in [0.25, 0.3) is 0 Å². The number of anilines is 1. The first kappa shape index (κ1) is 16.9. The van der Waals surface area contributed by atoms with Crippen LogP contribution in [-0.4, -0.2) is 34.7 Å². The summed E-state index contributed by atoms with van der Waals surface area (Å²) in [5.41, 5.74) is 6.87. The molecular formula is C13H23N3O3S. The van der Waals surface area contributed by atoms with Gasteiger partial charge in [-0.25, -0.2) is 13.6 Å². The maximum atomic E-state index is 11.5. The van der Waals surface area contributed by atoms with Crippen molar-refractivity contribution in [1.29, 1.82) is 0 Å². The zero-order valence-corrected chi connectivity index (χ0v) is 12.7. The van der Waals surface area contributed by atoms with Gasteiger partial charge in [-0.05, 0) is 44.0 Å². The summed E-state index contributed by atoms with van der Waals surface area (Å²) in [6.07, 6.45) is 1.72. The van der Waals surface area contributed by atoms with Crippen molar-refractivity contribution in [2.45, 2.75) is 30.7 Å². The maximum Gasteiger partial charge on any atom is 0.238 e. The van der Waals surface area contributed by atoms with E-state index in [1.165, 1.54) is 6.07 Å². The molecule has 1 aromatic rings. The number of hydrogen-bond donors (Lipinski definition) is 3. The van der Waals surface area contributed by atoms with Crippen LogP contribution in [0.1, 0.15) is 18.4 Å². The molecule has 0 radical (unpaired) electrons. The molecule has 7 heteroatoms. The number of sulfonamides is 1. The Hall–Kier alpha value is -1.15. The standard InChI is InChI=1S/C13H23N3O3S/c1-10-12(6-3-7-13(10)20(15,17)18)16-11(9-19-2)5-4-8-14/h3,6-7,11,16H,4-5,8-9,14H2,1-2H3,(H2,15,17,18). The van der Waals surface area contributed by atoms with E-state index in [0.717, 1.165) is 18.5 Å². The van der Waals surface area contributed by atoms with Crippen LogP contribution in [0.25, 0.3) is 0 Å². The van der Waals surface area contributed by atoms with E-state index in [1.54, 1.807) is 20.1 Å². The molecule has 1 rings (SSSR count). The molecule has 1 unspecified atom stereocenters. The molecule has 0 aliphatic carbocycles. The maximum absolute atomic E-state index is 11.5. The number of rotatable bonds is 8. The summed E-state index contributed by atoms with van der Waals surface area (Å²) in [7, 11) is -2.08. The van der Waals surface area contributed by atoms with Crippen molar-refractivity contribution in [3.8, 4) is 0 Å². The lowest BCUT2D eigenvalue weighted by Gasteiger charge is -2.21. The molecule has 0 heterocycles. The van der Waals surface area contributed by atoms with Gasteiger partial charge >= 0.3 is 0 Å². The lowest BCUT2D eigenvalue weighted by Crippen LogP contribution is -2.26. The van der Waals surface area contributed by atoms with Gasteiger partial charge in [0.05, 0.1) is 11.5 Å². The molecule has 6 nitrogen and oxygen atoms in total. The highest BCUT2D eigenvalue weighted by Crippen LogP contribution is 2.23. The molecule has 0 aliphatic heterocycles. The second-order valence-electron chi connectivity index (χ2n) is 4.70. The summed E-state index contributed by atoms with van der Waals surface area (Å²) in [6, 6.07) is 5.08. The molecule has 0 aliphatic rings. The molecule has 5 N–H and O–H groups in total. The smallest absolute Gasteiger partial charge is 0.238 e. The van der Waals surface area contributed by atoms with E-state index in [4.69, 9.17) is 15.6 Å². The highest BCUT2D eigenvalue weighted by Gasteiger charge is 2.16. The number of methoxy groups -OCH3 is 1. The van der Waals surface area contributed by atoms with Gasteiger partial charge in [-0.15, -0.1) is 0 Å². The fourth-order valence-corrected chi connectivity index (χ4v) is 2.87. The van der Waals surface area contributed by atoms with E-state index in [-0.39, 0.29) is 10.9 Å². The first-order chi connectivity index (χ1) is 9.40. The van der Waals surface area contributed by atoms with Crippen molar-refractivity contribution < 1.29 is 13.2 Å². The summed E-state index contributed by atoms with van der Waals surface area (Å²) < 4.78 is 28.2. The van der Waals surface area contributed by atoms with Gasteiger partial charge in [0, 0.05) is 18.8 Å². The molecule has 1 aromatic carbocycles. The number of hydrogen-bond acceptors (Lipinski definition) is 5. The van der Waals surface area contributed by atoms with Crippen molar-refractivity contribution in [2.75, 3.05) is 25.6 Å². The van der Waals surface area contributed by atoms with E-state index in [2.05, 4.69) is 5.32 Å². The minimum absolute atomic E-state index is 0.0815. The van der Waals surface area contributed by atoms with Crippen LogP contribution in [0.15, 0.2) is 23.1 Å². The van der Waals surface area contributed by atoms with Gasteiger partial charge in [0.1, 0.15) is 0 Å². The number of primary sulfonamides is 1. The lowest BCUT2D eigenvalue weighted by atomic mass is 10.1. The van der Waals surface area contributed by atoms with E-state index in [0.29, 0.717) is 18.7 Å². The SMILES string of the molecule is COCC(CCCN)Nc1cccc(S(N)(=O)=O)c1C. The second kappa shape index (κ2) is 7.58.